The Hall–Kier alpha value is -1.30. The normalized spacial score (nSPS) is 12.1. The minimum Gasteiger partial charge on any atom is -0.450 e. The first-order chi connectivity index (χ1) is 8.49. The number of hydrogen-bond acceptors (Lipinski definition) is 4. The molecule has 6 nitrogen and oxygen atoms in total. The third-order valence-electron chi connectivity index (χ3n) is 2.17. The summed E-state index contributed by atoms with van der Waals surface area (Å²) in [6.07, 6.45) is 0.315. The van der Waals surface area contributed by atoms with Crippen molar-refractivity contribution in [2.75, 3.05) is 26.9 Å². The number of carbonyl (C=O) groups is 2. The summed E-state index contributed by atoms with van der Waals surface area (Å²) < 4.78 is 9.53. The van der Waals surface area contributed by atoms with Crippen molar-refractivity contribution in [2.45, 2.75) is 33.2 Å². The Bertz CT molecular complexity index is 256. The summed E-state index contributed by atoms with van der Waals surface area (Å²) >= 11 is 0. The zero-order valence-electron chi connectivity index (χ0n) is 11.6. The molecule has 18 heavy (non-hydrogen) atoms. The second-order valence-electron chi connectivity index (χ2n) is 4.43. The summed E-state index contributed by atoms with van der Waals surface area (Å²) in [7, 11) is 1.46. The number of rotatable bonds is 8. The van der Waals surface area contributed by atoms with Crippen molar-refractivity contribution < 1.29 is 19.1 Å². The lowest BCUT2D eigenvalue weighted by atomic mass is 10.0. The van der Waals surface area contributed by atoms with Gasteiger partial charge in [0.2, 0.25) is 5.91 Å². The van der Waals surface area contributed by atoms with Gasteiger partial charge < -0.3 is 20.1 Å². The number of amides is 2. The molecule has 2 amide bonds. The largest absolute Gasteiger partial charge is 0.450 e. The maximum atomic E-state index is 11.3. The Morgan fingerprint density at radius 2 is 1.94 bits per heavy atom. The van der Waals surface area contributed by atoms with E-state index in [-0.39, 0.29) is 18.6 Å². The van der Waals surface area contributed by atoms with Crippen LogP contribution in [0.2, 0.25) is 0 Å². The minimum atomic E-state index is -0.454. The fourth-order valence-electron chi connectivity index (χ4n) is 1.52. The van der Waals surface area contributed by atoms with E-state index in [0.29, 0.717) is 19.1 Å². The van der Waals surface area contributed by atoms with Gasteiger partial charge in [-0.3, -0.25) is 4.79 Å². The predicted molar refractivity (Wildman–Crippen MR) is 68.3 cm³/mol. The Morgan fingerprint density at radius 3 is 2.44 bits per heavy atom. The molecule has 0 aromatic heterocycles. The van der Waals surface area contributed by atoms with E-state index < -0.39 is 6.09 Å². The van der Waals surface area contributed by atoms with Crippen LogP contribution >= 0.6 is 0 Å². The van der Waals surface area contributed by atoms with Gasteiger partial charge in [0, 0.05) is 19.7 Å². The predicted octanol–water partition coefficient (Wildman–Crippen LogP) is 0.910. The molecule has 0 aliphatic heterocycles. The highest BCUT2D eigenvalue weighted by Crippen LogP contribution is 2.04. The quantitative estimate of drug-likeness (QED) is 0.680. The lowest BCUT2D eigenvalue weighted by Gasteiger charge is -2.20. The Balaban J connectivity index is 4.13. The summed E-state index contributed by atoms with van der Waals surface area (Å²) in [5.41, 5.74) is 0. The summed E-state index contributed by atoms with van der Waals surface area (Å²) in [6.45, 7) is 6.58. The third-order valence-corrected chi connectivity index (χ3v) is 2.17. The molecule has 0 bridgehead atoms. The molecule has 0 heterocycles. The zero-order chi connectivity index (χ0) is 14.0. The van der Waals surface area contributed by atoms with Crippen molar-refractivity contribution in [3.8, 4) is 0 Å². The molecule has 0 saturated heterocycles. The van der Waals surface area contributed by atoms with Crippen LogP contribution in [0.15, 0.2) is 0 Å². The molecule has 106 valence electrons. The first-order valence-electron chi connectivity index (χ1n) is 6.18. The van der Waals surface area contributed by atoms with Crippen LogP contribution in [0.1, 0.15) is 27.2 Å². The van der Waals surface area contributed by atoms with Gasteiger partial charge in [0.25, 0.3) is 0 Å². The number of carbonyl (C=O) groups excluding carboxylic acids is 2. The van der Waals surface area contributed by atoms with Crippen LogP contribution in [0, 0.1) is 5.92 Å². The minimum absolute atomic E-state index is 0.0216. The van der Waals surface area contributed by atoms with Gasteiger partial charge in [-0.2, -0.15) is 0 Å². The van der Waals surface area contributed by atoms with Gasteiger partial charge in [-0.05, 0) is 19.3 Å². The molecule has 0 aliphatic rings. The topological polar surface area (TPSA) is 76.7 Å². The van der Waals surface area contributed by atoms with Gasteiger partial charge in [-0.15, -0.1) is 0 Å². The van der Waals surface area contributed by atoms with E-state index in [2.05, 4.69) is 24.5 Å². The molecule has 0 rings (SSSR count). The molecule has 6 heteroatoms. The van der Waals surface area contributed by atoms with Crippen molar-refractivity contribution in [1.29, 1.82) is 0 Å². The highest BCUT2D eigenvalue weighted by Gasteiger charge is 2.15. The molecular weight excluding hydrogens is 236 g/mol. The summed E-state index contributed by atoms with van der Waals surface area (Å²) in [6, 6.07) is -0.134. The number of alkyl carbamates (subject to hydrolysis) is 1. The maximum absolute atomic E-state index is 11.3. The van der Waals surface area contributed by atoms with Gasteiger partial charge in [0.05, 0.1) is 6.61 Å². The van der Waals surface area contributed by atoms with Crippen LogP contribution in [0.5, 0.6) is 0 Å². The third kappa shape index (κ3) is 8.81. The van der Waals surface area contributed by atoms with Crippen LogP contribution < -0.4 is 10.6 Å². The van der Waals surface area contributed by atoms with Crippen molar-refractivity contribution in [2.24, 2.45) is 5.92 Å². The molecule has 0 aliphatic carbocycles. The number of ether oxygens (including phenoxy) is 2. The van der Waals surface area contributed by atoms with Crippen molar-refractivity contribution in [3.05, 3.63) is 0 Å². The fourth-order valence-corrected chi connectivity index (χ4v) is 1.52. The molecule has 2 N–H and O–H groups in total. The molecule has 1 atom stereocenters. The zero-order valence-corrected chi connectivity index (χ0v) is 11.6. The average Bonchev–Trinajstić information content (AvgIpc) is 2.26. The summed E-state index contributed by atoms with van der Waals surface area (Å²) in [4.78, 5) is 22.6. The first-order valence-corrected chi connectivity index (χ1v) is 6.18. The van der Waals surface area contributed by atoms with Crippen molar-refractivity contribution in [3.63, 3.8) is 0 Å². The second-order valence-corrected chi connectivity index (χ2v) is 4.43. The van der Waals surface area contributed by atoms with Crippen LogP contribution in [0.4, 0.5) is 4.79 Å². The smallest absolute Gasteiger partial charge is 0.407 e. The van der Waals surface area contributed by atoms with Gasteiger partial charge >= 0.3 is 6.09 Å². The molecular formula is C12H24N2O4. The van der Waals surface area contributed by atoms with Crippen LogP contribution in [-0.4, -0.2) is 44.9 Å². The van der Waals surface area contributed by atoms with Crippen LogP contribution in [-0.2, 0) is 14.3 Å². The van der Waals surface area contributed by atoms with E-state index >= 15 is 0 Å². The SMILES string of the molecule is CCOC(=O)N[C@@H](CNC(=O)COC)CC(C)C. The number of nitrogens with one attached hydrogen (secondary N) is 2. The highest BCUT2D eigenvalue weighted by atomic mass is 16.5. The monoisotopic (exact) mass is 260 g/mol. The van der Waals surface area contributed by atoms with E-state index in [0.717, 1.165) is 6.42 Å². The van der Waals surface area contributed by atoms with Gasteiger partial charge in [-0.25, -0.2) is 4.79 Å². The molecule has 0 spiro atoms. The number of methoxy groups -OCH3 is 1. The average molecular weight is 260 g/mol. The molecule has 0 radical (unpaired) electrons. The Kier molecular flexibility index (Phi) is 9.00. The van der Waals surface area contributed by atoms with Gasteiger partial charge in [0.1, 0.15) is 6.61 Å². The lowest BCUT2D eigenvalue weighted by molar-refractivity contribution is -0.124. The van der Waals surface area contributed by atoms with Crippen LogP contribution in [0.25, 0.3) is 0 Å². The maximum Gasteiger partial charge on any atom is 0.407 e. The Morgan fingerprint density at radius 1 is 1.28 bits per heavy atom. The molecule has 0 fully saturated rings. The van der Waals surface area contributed by atoms with Gasteiger partial charge in [0.15, 0.2) is 0 Å². The van der Waals surface area contributed by atoms with E-state index in [1.165, 1.54) is 7.11 Å². The highest BCUT2D eigenvalue weighted by molar-refractivity contribution is 5.77. The van der Waals surface area contributed by atoms with E-state index in [1.54, 1.807) is 6.92 Å². The van der Waals surface area contributed by atoms with Gasteiger partial charge in [-0.1, -0.05) is 13.8 Å². The van der Waals surface area contributed by atoms with Crippen molar-refractivity contribution >= 4 is 12.0 Å². The Labute approximate surface area is 108 Å². The molecule has 0 unspecified atom stereocenters. The number of hydrogen-bond donors (Lipinski definition) is 2. The molecule has 0 aromatic rings. The van der Waals surface area contributed by atoms with E-state index in [9.17, 15) is 9.59 Å². The molecule has 0 aromatic carbocycles. The van der Waals surface area contributed by atoms with Crippen molar-refractivity contribution in [1.82, 2.24) is 10.6 Å². The fraction of sp³-hybridized carbons (Fsp3) is 0.833. The summed E-state index contributed by atoms with van der Waals surface area (Å²) in [5, 5.41) is 5.43. The van der Waals surface area contributed by atoms with E-state index in [1.807, 2.05) is 0 Å². The van der Waals surface area contributed by atoms with Crippen LogP contribution in [0.3, 0.4) is 0 Å². The standard InChI is InChI=1S/C12H24N2O4/c1-5-18-12(16)14-10(6-9(2)3)7-13-11(15)8-17-4/h9-10H,5-8H2,1-4H3,(H,13,15)(H,14,16)/t10-/m1/s1. The van der Waals surface area contributed by atoms with E-state index in [4.69, 9.17) is 9.47 Å². The summed E-state index contributed by atoms with van der Waals surface area (Å²) in [5.74, 6) is 0.216. The first kappa shape index (κ1) is 16.7. The molecule has 0 saturated carbocycles. The second kappa shape index (κ2) is 9.70. The lowest BCUT2D eigenvalue weighted by Crippen LogP contribution is -2.45.